The van der Waals surface area contributed by atoms with E-state index in [9.17, 15) is 4.79 Å². The third-order valence-electron chi connectivity index (χ3n) is 3.22. The van der Waals surface area contributed by atoms with Crippen LogP contribution in [0.25, 0.3) is 0 Å². The highest BCUT2D eigenvalue weighted by Gasteiger charge is 2.31. The van der Waals surface area contributed by atoms with Crippen LogP contribution in [0.3, 0.4) is 0 Å². The molecule has 0 saturated heterocycles. The second-order valence-electron chi connectivity index (χ2n) is 4.96. The number of hydrogen-bond donors (Lipinski definition) is 1. The van der Waals surface area contributed by atoms with Gasteiger partial charge in [-0.25, -0.2) is 0 Å². The Labute approximate surface area is 96.3 Å². The van der Waals surface area contributed by atoms with Crippen LogP contribution in [0.1, 0.15) is 38.8 Å². The summed E-state index contributed by atoms with van der Waals surface area (Å²) >= 11 is 0. The van der Waals surface area contributed by atoms with Crippen LogP contribution in [0.4, 0.5) is 0 Å². The van der Waals surface area contributed by atoms with Gasteiger partial charge in [-0.05, 0) is 38.8 Å². The van der Waals surface area contributed by atoms with Gasteiger partial charge in [0.2, 0.25) is 5.91 Å². The lowest BCUT2D eigenvalue weighted by molar-refractivity contribution is -0.129. The SMILES string of the molecule is CC(C)(NC(=O)C1CCC1)c1ccccn1. The normalized spacial score (nSPS) is 16.6. The molecule has 1 aromatic heterocycles. The minimum absolute atomic E-state index is 0.168. The van der Waals surface area contributed by atoms with E-state index in [1.54, 1.807) is 6.20 Å². The van der Waals surface area contributed by atoms with Crippen molar-refractivity contribution in [2.75, 3.05) is 0 Å². The molecule has 0 aliphatic heterocycles. The topological polar surface area (TPSA) is 42.0 Å². The first-order valence-corrected chi connectivity index (χ1v) is 5.83. The summed E-state index contributed by atoms with van der Waals surface area (Å²) in [6, 6.07) is 5.77. The molecule has 1 heterocycles. The van der Waals surface area contributed by atoms with Gasteiger partial charge in [0.1, 0.15) is 0 Å². The lowest BCUT2D eigenvalue weighted by Gasteiger charge is -2.31. The number of pyridine rings is 1. The van der Waals surface area contributed by atoms with Crippen LogP contribution in [0.5, 0.6) is 0 Å². The molecule has 1 amide bonds. The summed E-state index contributed by atoms with van der Waals surface area (Å²) in [5.74, 6) is 0.393. The van der Waals surface area contributed by atoms with Gasteiger partial charge in [0, 0.05) is 12.1 Å². The Kier molecular flexibility index (Phi) is 2.95. The minimum atomic E-state index is -0.381. The van der Waals surface area contributed by atoms with E-state index in [-0.39, 0.29) is 17.4 Å². The van der Waals surface area contributed by atoms with Crippen LogP contribution in [0.2, 0.25) is 0 Å². The Hall–Kier alpha value is -1.38. The number of rotatable bonds is 3. The molecule has 1 fully saturated rings. The molecular formula is C13H18N2O. The molecule has 0 spiro atoms. The number of nitrogens with one attached hydrogen (secondary N) is 1. The highest BCUT2D eigenvalue weighted by Crippen LogP contribution is 2.28. The smallest absolute Gasteiger partial charge is 0.223 e. The number of amides is 1. The summed E-state index contributed by atoms with van der Waals surface area (Å²) in [5, 5.41) is 3.07. The first-order valence-electron chi connectivity index (χ1n) is 5.83. The van der Waals surface area contributed by atoms with Crippen molar-refractivity contribution in [1.82, 2.24) is 10.3 Å². The molecule has 3 heteroatoms. The minimum Gasteiger partial charge on any atom is -0.345 e. The fourth-order valence-corrected chi connectivity index (χ4v) is 1.88. The molecule has 1 saturated carbocycles. The Bertz CT molecular complexity index is 369. The van der Waals surface area contributed by atoms with Crippen LogP contribution in [0, 0.1) is 5.92 Å². The lowest BCUT2D eigenvalue weighted by Crippen LogP contribution is -2.45. The van der Waals surface area contributed by atoms with Crippen LogP contribution in [-0.4, -0.2) is 10.9 Å². The second-order valence-corrected chi connectivity index (χ2v) is 4.96. The summed E-state index contributed by atoms with van der Waals surface area (Å²) in [5.41, 5.74) is 0.524. The molecule has 0 bridgehead atoms. The molecule has 2 rings (SSSR count). The highest BCUT2D eigenvalue weighted by molar-refractivity contribution is 5.80. The van der Waals surface area contributed by atoms with Crippen molar-refractivity contribution in [2.24, 2.45) is 5.92 Å². The van der Waals surface area contributed by atoms with E-state index in [1.807, 2.05) is 32.0 Å². The summed E-state index contributed by atoms with van der Waals surface area (Å²) in [6.45, 7) is 3.98. The number of aromatic nitrogens is 1. The molecule has 3 nitrogen and oxygen atoms in total. The van der Waals surface area contributed by atoms with E-state index >= 15 is 0 Å². The number of carbonyl (C=O) groups excluding carboxylic acids is 1. The van der Waals surface area contributed by atoms with E-state index in [4.69, 9.17) is 0 Å². The molecule has 1 aliphatic rings. The summed E-state index contributed by atoms with van der Waals surface area (Å²) in [7, 11) is 0. The molecule has 16 heavy (non-hydrogen) atoms. The maximum atomic E-state index is 11.9. The molecule has 0 radical (unpaired) electrons. The molecule has 86 valence electrons. The first-order chi connectivity index (χ1) is 7.59. The van der Waals surface area contributed by atoms with Crippen LogP contribution in [0.15, 0.2) is 24.4 Å². The molecule has 0 atom stereocenters. The summed E-state index contributed by atoms with van der Waals surface area (Å²) in [6.07, 6.45) is 5.00. The van der Waals surface area contributed by atoms with Gasteiger partial charge >= 0.3 is 0 Å². The van der Waals surface area contributed by atoms with E-state index in [0.717, 1.165) is 18.5 Å². The number of carbonyl (C=O) groups is 1. The van der Waals surface area contributed by atoms with Crippen molar-refractivity contribution in [1.29, 1.82) is 0 Å². The summed E-state index contributed by atoms with van der Waals surface area (Å²) in [4.78, 5) is 16.2. The number of hydrogen-bond acceptors (Lipinski definition) is 2. The zero-order valence-electron chi connectivity index (χ0n) is 9.86. The first kappa shape index (κ1) is 11.1. The fraction of sp³-hybridized carbons (Fsp3) is 0.538. The maximum absolute atomic E-state index is 11.9. The quantitative estimate of drug-likeness (QED) is 0.845. The average molecular weight is 218 g/mol. The van der Waals surface area contributed by atoms with Gasteiger partial charge in [0.15, 0.2) is 0 Å². The zero-order chi connectivity index (χ0) is 11.6. The molecule has 1 aliphatic carbocycles. The van der Waals surface area contributed by atoms with E-state index < -0.39 is 0 Å². The van der Waals surface area contributed by atoms with Crippen LogP contribution >= 0.6 is 0 Å². The van der Waals surface area contributed by atoms with Crippen molar-refractivity contribution < 1.29 is 4.79 Å². The third-order valence-corrected chi connectivity index (χ3v) is 3.22. The predicted molar refractivity (Wildman–Crippen MR) is 62.7 cm³/mol. The highest BCUT2D eigenvalue weighted by atomic mass is 16.2. The van der Waals surface area contributed by atoms with E-state index in [1.165, 1.54) is 6.42 Å². The third kappa shape index (κ3) is 2.23. The van der Waals surface area contributed by atoms with Gasteiger partial charge in [-0.3, -0.25) is 9.78 Å². The molecule has 1 N–H and O–H groups in total. The molecule has 1 aromatic rings. The fourth-order valence-electron chi connectivity index (χ4n) is 1.88. The second kappa shape index (κ2) is 4.24. The number of nitrogens with zero attached hydrogens (tertiary/aromatic N) is 1. The Morgan fingerprint density at radius 2 is 2.19 bits per heavy atom. The average Bonchev–Trinajstić information content (AvgIpc) is 2.15. The lowest BCUT2D eigenvalue weighted by atomic mass is 9.84. The van der Waals surface area contributed by atoms with Gasteiger partial charge in [0.25, 0.3) is 0 Å². The summed E-state index contributed by atoms with van der Waals surface area (Å²) < 4.78 is 0. The molecule has 0 aromatic carbocycles. The maximum Gasteiger partial charge on any atom is 0.223 e. The zero-order valence-corrected chi connectivity index (χ0v) is 9.86. The van der Waals surface area contributed by atoms with Crippen molar-refractivity contribution in [3.8, 4) is 0 Å². The standard InChI is InChI=1S/C13H18N2O/c1-13(2,11-8-3-4-9-14-11)15-12(16)10-6-5-7-10/h3-4,8-10H,5-7H2,1-2H3,(H,15,16). The Morgan fingerprint density at radius 3 is 2.69 bits per heavy atom. The van der Waals surface area contributed by atoms with E-state index in [2.05, 4.69) is 10.3 Å². The van der Waals surface area contributed by atoms with Crippen molar-refractivity contribution in [3.63, 3.8) is 0 Å². The van der Waals surface area contributed by atoms with Crippen molar-refractivity contribution in [3.05, 3.63) is 30.1 Å². The van der Waals surface area contributed by atoms with Gasteiger partial charge in [-0.2, -0.15) is 0 Å². The van der Waals surface area contributed by atoms with Gasteiger partial charge in [-0.1, -0.05) is 12.5 Å². The van der Waals surface area contributed by atoms with E-state index in [0.29, 0.717) is 0 Å². The monoisotopic (exact) mass is 218 g/mol. The van der Waals surface area contributed by atoms with Crippen LogP contribution in [-0.2, 0) is 10.3 Å². The molecule has 0 unspecified atom stereocenters. The van der Waals surface area contributed by atoms with Crippen molar-refractivity contribution >= 4 is 5.91 Å². The van der Waals surface area contributed by atoms with Gasteiger partial charge < -0.3 is 5.32 Å². The van der Waals surface area contributed by atoms with Crippen molar-refractivity contribution in [2.45, 2.75) is 38.6 Å². The Morgan fingerprint density at radius 1 is 1.44 bits per heavy atom. The van der Waals surface area contributed by atoms with Crippen LogP contribution < -0.4 is 5.32 Å². The van der Waals surface area contributed by atoms with Gasteiger partial charge in [0.05, 0.1) is 11.2 Å². The van der Waals surface area contributed by atoms with Gasteiger partial charge in [-0.15, -0.1) is 0 Å². The Balaban J connectivity index is 2.04. The largest absolute Gasteiger partial charge is 0.345 e. The molecular weight excluding hydrogens is 200 g/mol. The predicted octanol–water partition coefficient (Wildman–Crippen LogP) is 2.23.